The monoisotopic (exact) mass is 446 g/mol. The molecule has 4 rings (SSSR count). The Bertz CT molecular complexity index is 1070. The lowest BCUT2D eigenvalue weighted by atomic mass is 9.75. The van der Waals surface area contributed by atoms with E-state index in [0.29, 0.717) is 18.2 Å². The van der Waals surface area contributed by atoms with Crippen LogP contribution >= 0.6 is 0 Å². The molecule has 2 heterocycles. The third kappa shape index (κ3) is 3.00. The van der Waals surface area contributed by atoms with Crippen LogP contribution in [0.3, 0.4) is 0 Å². The van der Waals surface area contributed by atoms with Crippen molar-refractivity contribution in [3.05, 3.63) is 59.2 Å². The Morgan fingerprint density at radius 3 is 2.40 bits per heavy atom. The number of hydrogen-bond acceptors (Lipinski definition) is 5. The molecule has 0 amide bonds. The van der Waals surface area contributed by atoms with E-state index < -0.39 is 66.1 Å². The molecular weight excluding hydrogens is 428 g/mol. The molecule has 0 spiro atoms. The van der Waals surface area contributed by atoms with Crippen LogP contribution in [0, 0.1) is 29.2 Å². The third-order valence-corrected chi connectivity index (χ3v) is 8.31. The molecule has 1 fully saturated rings. The minimum absolute atomic E-state index is 0.0229. The van der Waals surface area contributed by atoms with Crippen LogP contribution in [0.15, 0.2) is 35.2 Å². The molecule has 0 bridgehead atoms. The van der Waals surface area contributed by atoms with Crippen LogP contribution in [-0.4, -0.2) is 39.4 Å². The topological polar surface area (TPSA) is 72.8 Å². The molecule has 10 heteroatoms. The van der Waals surface area contributed by atoms with E-state index in [9.17, 15) is 26.7 Å². The maximum absolute atomic E-state index is 15.0. The fourth-order valence-electron chi connectivity index (χ4n) is 4.53. The Balaban J connectivity index is 2.04. The van der Waals surface area contributed by atoms with Crippen LogP contribution in [0.2, 0.25) is 0 Å². The first-order valence-electron chi connectivity index (χ1n) is 9.27. The van der Waals surface area contributed by atoms with Gasteiger partial charge in [-0.05, 0) is 37.1 Å². The summed E-state index contributed by atoms with van der Waals surface area (Å²) in [5.74, 6) is -5.79. The van der Waals surface area contributed by atoms with Gasteiger partial charge in [-0.25, -0.2) is 26.0 Å². The first-order chi connectivity index (χ1) is 14.2. The molecule has 0 aromatic heterocycles. The van der Waals surface area contributed by atoms with Crippen molar-refractivity contribution in [1.82, 2.24) is 0 Å². The number of halogens is 4. The van der Waals surface area contributed by atoms with Crippen LogP contribution in [0.1, 0.15) is 18.4 Å². The zero-order chi connectivity index (χ0) is 21.7. The van der Waals surface area contributed by atoms with Gasteiger partial charge in [-0.15, -0.1) is 0 Å². The van der Waals surface area contributed by atoms with Crippen molar-refractivity contribution in [2.75, 3.05) is 19.8 Å². The standard InChI is InChI=1S/C20H18F4O5S/c21-11-7-12(22)9-13(8-11)30(26,27)20-4-6-28-17(3-5-25)14(20)10-29-19-16(24)2-1-15(23)18(19)20/h1-2,7-9,14,17,25H,3-6,10H2/t14-,17-,20?/m1/s1. The van der Waals surface area contributed by atoms with Crippen molar-refractivity contribution in [3.63, 3.8) is 0 Å². The normalized spacial score (nSPS) is 25.9. The van der Waals surface area contributed by atoms with Gasteiger partial charge in [0.2, 0.25) is 0 Å². The van der Waals surface area contributed by atoms with E-state index in [4.69, 9.17) is 9.47 Å². The molecule has 162 valence electrons. The first kappa shape index (κ1) is 21.1. The highest BCUT2D eigenvalue weighted by molar-refractivity contribution is 7.92. The lowest BCUT2D eigenvalue weighted by molar-refractivity contribution is -0.0806. The van der Waals surface area contributed by atoms with E-state index in [1.165, 1.54) is 0 Å². The largest absolute Gasteiger partial charge is 0.490 e. The predicted octanol–water partition coefficient (Wildman–Crippen LogP) is 3.09. The Kier molecular flexibility index (Phi) is 5.27. The molecule has 0 saturated carbocycles. The zero-order valence-electron chi connectivity index (χ0n) is 15.6. The highest BCUT2D eigenvalue weighted by Crippen LogP contribution is 2.55. The van der Waals surface area contributed by atoms with Gasteiger partial charge in [0, 0.05) is 25.2 Å². The van der Waals surface area contributed by atoms with Crippen LogP contribution < -0.4 is 4.74 Å². The average molecular weight is 446 g/mol. The number of rotatable bonds is 4. The van der Waals surface area contributed by atoms with Gasteiger partial charge in [-0.2, -0.15) is 0 Å². The molecule has 2 aliphatic heterocycles. The van der Waals surface area contributed by atoms with E-state index >= 15 is 4.39 Å². The molecule has 5 nitrogen and oxygen atoms in total. The summed E-state index contributed by atoms with van der Waals surface area (Å²) in [7, 11) is -4.66. The summed E-state index contributed by atoms with van der Waals surface area (Å²) in [5.41, 5.74) is -0.519. The molecule has 2 aromatic rings. The number of benzene rings is 2. The van der Waals surface area contributed by atoms with Crippen LogP contribution in [0.5, 0.6) is 5.75 Å². The number of fused-ring (bicyclic) bond motifs is 3. The van der Waals surface area contributed by atoms with Crippen molar-refractivity contribution in [1.29, 1.82) is 0 Å². The molecule has 0 radical (unpaired) electrons. The van der Waals surface area contributed by atoms with E-state index in [0.717, 1.165) is 12.1 Å². The van der Waals surface area contributed by atoms with Gasteiger partial charge in [-0.3, -0.25) is 0 Å². The average Bonchev–Trinajstić information content (AvgIpc) is 2.69. The van der Waals surface area contributed by atoms with E-state index in [-0.39, 0.29) is 32.7 Å². The fourth-order valence-corrected chi connectivity index (χ4v) is 6.92. The summed E-state index contributed by atoms with van der Waals surface area (Å²) in [6.45, 7) is -0.826. The van der Waals surface area contributed by atoms with Crippen molar-refractivity contribution < 1.29 is 40.6 Å². The summed E-state index contributed by atoms with van der Waals surface area (Å²) < 4.78 is 93.8. The second-order valence-electron chi connectivity index (χ2n) is 7.32. The zero-order valence-corrected chi connectivity index (χ0v) is 16.4. The Labute approximate surface area is 170 Å². The van der Waals surface area contributed by atoms with Crippen LogP contribution in [0.4, 0.5) is 17.6 Å². The van der Waals surface area contributed by atoms with Crippen molar-refractivity contribution in [2.45, 2.75) is 28.6 Å². The fraction of sp³-hybridized carbons (Fsp3) is 0.400. The number of hydrogen-bond donors (Lipinski definition) is 1. The lowest BCUT2D eigenvalue weighted by Crippen LogP contribution is -2.57. The van der Waals surface area contributed by atoms with Crippen LogP contribution in [-0.2, 0) is 19.3 Å². The number of aliphatic hydroxyl groups is 1. The summed E-state index contributed by atoms with van der Waals surface area (Å²) in [6.07, 6.45) is -1.11. The second-order valence-corrected chi connectivity index (χ2v) is 9.53. The molecular formula is C20H18F4O5S. The SMILES string of the molecule is O=S(=O)(c1cc(F)cc(F)c1)C12CCO[C@H](CCO)[C@H]1COc1c(F)ccc(F)c12. The number of sulfone groups is 1. The maximum Gasteiger partial charge on any atom is 0.189 e. The minimum Gasteiger partial charge on any atom is -0.490 e. The van der Waals surface area contributed by atoms with Gasteiger partial charge in [0.05, 0.1) is 23.2 Å². The van der Waals surface area contributed by atoms with E-state index in [2.05, 4.69) is 0 Å². The third-order valence-electron chi connectivity index (χ3n) is 5.78. The summed E-state index contributed by atoms with van der Waals surface area (Å²) in [5, 5.41) is 9.38. The molecule has 1 unspecified atom stereocenters. The molecule has 2 aliphatic rings. The van der Waals surface area contributed by atoms with E-state index in [1.54, 1.807) is 0 Å². The smallest absolute Gasteiger partial charge is 0.189 e. The molecule has 1 saturated heterocycles. The summed E-state index contributed by atoms with van der Waals surface area (Å²) in [6, 6.07) is 3.42. The predicted molar refractivity (Wildman–Crippen MR) is 96.6 cm³/mol. The molecule has 3 atom stereocenters. The quantitative estimate of drug-likeness (QED) is 0.731. The van der Waals surface area contributed by atoms with Gasteiger partial charge < -0.3 is 14.6 Å². The van der Waals surface area contributed by atoms with Crippen LogP contribution in [0.25, 0.3) is 0 Å². The number of aliphatic hydroxyl groups excluding tert-OH is 1. The van der Waals surface area contributed by atoms with Crippen molar-refractivity contribution >= 4 is 9.84 Å². The minimum atomic E-state index is -4.66. The van der Waals surface area contributed by atoms with Gasteiger partial charge in [0.25, 0.3) is 0 Å². The molecule has 30 heavy (non-hydrogen) atoms. The maximum atomic E-state index is 15.0. The molecule has 1 N–H and O–H groups in total. The van der Waals surface area contributed by atoms with Crippen molar-refractivity contribution in [3.8, 4) is 5.75 Å². The molecule has 2 aromatic carbocycles. The van der Waals surface area contributed by atoms with E-state index in [1.807, 2.05) is 0 Å². The summed E-state index contributed by atoms with van der Waals surface area (Å²) >= 11 is 0. The van der Waals surface area contributed by atoms with Gasteiger partial charge in [-0.1, -0.05) is 0 Å². The summed E-state index contributed by atoms with van der Waals surface area (Å²) in [4.78, 5) is -0.689. The molecule has 0 aliphatic carbocycles. The Hall–Kier alpha value is -2.17. The van der Waals surface area contributed by atoms with Gasteiger partial charge >= 0.3 is 0 Å². The highest BCUT2D eigenvalue weighted by Gasteiger charge is 2.61. The first-order valence-corrected chi connectivity index (χ1v) is 10.7. The highest BCUT2D eigenvalue weighted by atomic mass is 32.2. The number of ether oxygens (including phenoxy) is 2. The van der Waals surface area contributed by atoms with Gasteiger partial charge in [0.15, 0.2) is 21.4 Å². The lowest BCUT2D eigenvalue weighted by Gasteiger charge is -2.50. The van der Waals surface area contributed by atoms with Crippen molar-refractivity contribution in [2.24, 2.45) is 5.92 Å². The Morgan fingerprint density at radius 2 is 1.73 bits per heavy atom. The van der Waals surface area contributed by atoms with Gasteiger partial charge in [0.1, 0.15) is 22.2 Å². The Morgan fingerprint density at radius 1 is 1.07 bits per heavy atom. The second kappa shape index (κ2) is 7.51.